The molecule has 2 N–H and O–H groups in total. The summed E-state index contributed by atoms with van der Waals surface area (Å²) in [5, 5.41) is 2.96. The van der Waals surface area contributed by atoms with Gasteiger partial charge in [-0.25, -0.2) is 9.78 Å². The number of ether oxygens (including phenoxy) is 1. The first-order valence-corrected chi connectivity index (χ1v) is 7.75. The van der Waals surface area contributed by atoms with Gasteiger partial charge in [-0.05, 0) is 47.0 Å². The summed E-state index contributed by atoms with van der Waals surface area (Å²) >= 11 is 0. The van der Waals surface area contributed by atoms with Gasteiger partial charge >= 0.3 is 6.09 Å². The number of hydrogen-bond donors (Lipinski definition) is 2. The van der Waals surface area contributed by atoms with Gasteiger partial charge in [0.05, 0.1) is 11.2 Å². The van der Waals surface area contributed by atoms with E-state index in [1.165, 1.54) is 5.69 Å². The number of aromatic nitrogens is 2. The highest BCUT2D eigenvalue weighted by Crippen LogP contribution is 2.33. The Hall–Kier alpha value is -1.52. The molecule has 2 atom stereocenters. The first kappa shape index (κ1) is 15.9. The number of aryl methyl sites for hydroxylation is 1. The van der Waals surface area contributed by atoms with Crippen molar-refractivity contribution < 1.29 is 9.53 Å². The Bertz CT molecular complexity index is 530. The summed E-state index contributed by atoms with van der Waals surface area (Å²) in [4.78, 5) is 20.2. The third kappa shape index (κ3) is 3.39. The smallest absolute Gasteiger partial charge is 0.408 e. The Kier molecular flexibility index (Phi) is 4.04. The van der Waals surface area contributed by atoms with Crippen LogP contribution in [0.25, 0.3) is 0 Å². The zero-order chi connectivity index (χ0) is 15.8. The minimum absolute atomic E-state index is 0.406. The summed E-state index contributed by atoms with van der Waals surface area (Å²) in [6.07, 6.45) is 2.52. The Balaban J connectivity index is 2.17. The molecule has 0 saturated heterocycles. The lowest BCUT2D eigenvalue weighted by molar-refractivity contribution is 0.0453. The van der Waals surface area contributed by atoms with E-state index in [-0.39, 0.29) is 0 Å². The molecule has 0 spiro atoms. The minimum Gasteiger partial charge on any atom is -0.444 e. The lowest BCUT2D eigenvalue weighted by Crippen LogP contribution is -2.46. The molecule has 0 saturated carbocycles. The van der Waals surface area contributed by atoms with Crippen molar-refractivity contribution in [3.63, 3.8) is 0 Å². The maximum Gasteiger partial charge on any atom is 0.408 e. The molecule has 0 fully saturated rings. The summed E-state index contributed by atoms with van der Waals surface area (Å²) in [5.41, 5.74) is 1.32. The molecule has 2 unspecified atom stereocenters. The Labute approximate surface area is 126 Å². The van der Waals surface area contributed by atoms with Crippen molar-refractivity contribution in [2.24, 2.45) is 0 Å². The quantitative estimate of drug-likeness (QED) is 0.894. The molecule has 0 radical (unpaired) electrons. The van der Waals surface area contributed by atoms with E-state index in [1.54, 1.807) is 0 Å². The third-order valence-electron chi connectivity index (χ3n) is 4.11. The van der Waals surface area contributed by atoms with Crippen molar-refractivity contribution >= 4 is 6.09 Å². The minimum atomic E-state index is -0.535. The number of H-pyrrole nitrogens is 1. The van der Waals surface area contributed by atoms with Crippen molar-refractivity contribution in [3.05, 3.63) is 17.2 Å². The number of hydrogen-bond acceptors (Lipinski definition) is 3. The molecule has 1 amide bonds. The van der Waals surface area contributed by atoms with E-state index in [0.717, 1.165) is 30.8 Å². The lowest BCUT2D eigenvalue weighted by atomic mass is 9.98. The van der Waals surface area contributed by atoms with Crippen molar-refractivity contribution in [2.75, 3.05) is 0 Å². The van der Waals surface area contributed by atoms with E-state index in [0.29, 0.717) is 5.92 Å². The molecule has 2 rings (SSSR count). The fourth-order valence-corrected chi connectivity index (χ4v) is 2.62. The topological polar surface area (TPSA) is 67.0 Å². The maximum atomic E-state index is 12.1. The molecule has 0 aliphatic heterocycles. The van der Waals surface area contributed by atoms with Gasteiger partial charge in [0.25, 0.3) is 0 Å². The third-order valence-corrected chi connectivity index (χ3v) is 4.11. The number of carbonyl (C=O) groups excluding carboxylic acids is 1. The first-order chi connectivity index (χ1) is 9.64. The van der Waals surface area contributed by atoms with Gasteiger partial charge in [-0.1, -0.05) is 13.8 Å². The molecule has 5 heteroatoms. The van der Waals surface area contributed by atoms with Crippen LogP contribution in [-0.2, 0) is 16.7 Å². The van der Waals surface area contributed by atoms with Crippen molar-refractivity contribution in [1.29, 1.82) is 0 Å². The van der Waals surface area contributed by atoms with Crippen LogP contribution < -0.4 is 5.32 Å². The number of alkyl carbamates (subject to hydrolysis) is 1. The number of amides is 1. The summed E-state index contributed by atoms with van der Waals surface area (Å²) in [6.45, 7) is 11.8. The average molecular weight is 293 g/mol. The SMILES string of the molecule is CCC(C)(NC(=O)OC(C)(C)C)c1nc2c([nH]1)CCC2C. The molecule has 1 aliphatic carbocycles. The molecule has 118 valence electrons. The highest BCUT2D eigenvalue weighted by atomic mass is 16.6. The maximum absolute atomic E-state index is 12.1. The van der Waals surface area contributed by atoms with Crippen LogP contribution in [0.1, 0.15) is 77.5 Å². The van der Waals surface area contributed by atoms with E-state index in [1.807, 2.05) is 34.6 Å². The molecule has 0 aromatic carbocycles. The molecule has 21 heavy (non-hydrogen) atoms. The summed E-state index contributed by atoms with van der Waals surface area (Å²) < 4.78 is 5.36. The van der Waals surface area contributed by atoms with E-state index in [2.05, 4.69) is 17.2 Å². The highest BCUT2D eigenvalue weighted by Gasteiger charge is 2.34. The molecule has 1 heterocycles. The predicted molar refractivity (Wildman–Crippen MR) is 82.3 cm³/mol. The van der Waals surface area contributed by atoms with Gasteiger partial charge in [-0.15, -0.1) is 0 Å². The molecule has 1 aromatic rings. The number of carbonyl (C=O) groups is 1. The number of nitrogens with one attached hydrogen (secondary N) is 2. The standard InChI is InChI=1S/C16H27N3O2/c1-7-16(6,19-14(20)21-15(3,4)5)13-17-11-9-8-10(2)12(11)18-13/h10H,7-9H2,1-6H3,(H,17,18)(H,19,20). The van der Waals surface area contributed by atoms with Gasteiger partial charge in [-0.3, -0.25) is 0 Å². The monoisotopic (exact) mass is 293 g/mol. The second-order valence-electron chi connectivity index (χ2n) is 7.20. The Morgan fingerprint density at radius 1 is 1.43 bits per heavy atom. The summed E-state index contributed by atoms with van der Waals surface area (Å²) in [5.74, 6) is 1.32. The van der Waals surface area contributed by atoms with Crippen LogP contribution in [-0.4, -0.2) is 21.7 Å². The van der Waals surface area contributed by atoms with Crippen LogP contribution in [0.5, 0.6) is 0 Å². The zero-order valence-electron chi connectivity index (χ0n) is 14.0. The first-order valence-electron chi connectivity index (χ1n) is 7.75. The van der Waals surface area contributed by atoms with Gasteiger partial charge in [0.1, 0.15) is 11.4 Å². The molecule has 0 bridgehead atoms. The van der Waals surface area contributed by atoms with E-state index in [4.69, 9.17) is 9.72 Å². The average Bonchev–Trinajstić information content (AvgIpc) is 2.89. The molecule has 5 nitrogen and oxygen atoms in total. The van der Waals surface area contributed by atoms with Gasteiger partial charge in [-0.2, -0.15) is 0 Å². The van der Waals surface area contributed by atoms with Crippen LogP contribution in [0.2, 0.25) is 0 Å². The number of imidazole rings is 1. The normalized spacial score (nSPS) is 20.8. The zero-order valence-corrected chi connectivity index (χ0v) is 14.0. The van der Waals surface area contributed by atoms with Gasteiger partial charge in [0.15, 0.2) is 0 Å². The van der Waals surface area contributed by atoms with Crippen molar-refractivity contribution in [2.45, 2.75) is 77.9 Å². The number of fused-ring (bicyclic) bond motifs is 1. The lowest BCUT2D eigenvalue weighted by Gasteiger charge is -2.29. The predicted octanol–water partition coefficient (Wildman–Crippen LogP) is 3.61. The van der Waals surface area contributed by atoms with E-state index in [9.17, 15) is 4.79 Å². The van der Waals surface area contributed by atoms with E-state index < -0.39 is 17.2 Å². The molecule has 1 aromatic heterocycles. The Morgan fingerprint density at radius 3 is 2.62 bits per heavy atom. The molecular formula is C16H27N3O2. The fraction of sp³-hybridized carbons (Fsp3) is 0.750. The largest absolute Gasteiger partial charge is 0.444 e. The van der Waals surface area contributed by atoms with Crippen LogP contribution >= 0.6 is 0 Å². The van der Waals surface area contributed by atoms with Crippen LogP contribution in [0.3, 0.4) is 0 Å². The van der Waals surface area contributed by atoms with E-state index >= 15 is 0 Å². The number of rotatable bonds is 3. The van der Waals surface area contributed by atoms with Crippen LogP contribution in [0, 0.1) is 0 Å². The highest BCUT2D eigenvalue weighted by molar-refractivity contribution is 5.69. The molecular weight excluding hydrogens is 266 g/mol. The molecule has 1 aliphatic rings. The second kappa shape index (κ2) is 5.35. The summed E-state index contributed by atoms with van der Waals surface area (Å²) in [6, 6.07) is 0. The van der Waals surface area contributed by atoms with Gasteiger partial charge in [0, 0.05) is 11.6 Å². The number of nitrogens with zero attached hydrogens (tertiary/aromatic N) is 1. The summed E-state index contributed by atoms with van der Waals surface area (Å²) in [7, 11) is 0. The van der Waals surface area contributed by atoms with Crippen molar-refractivity contribution in [3.8, 4) is 0 Å². The second-order valence-corrected chi connectivity index (χ2v) is 7.20. The van der Waals surface area contributed by atoms with Gasteiger partial charge < -0.3 is 15.0 Å². The van der Waals surface area contributed by atoms with Gasteiger partial charge in [0.2, 0.25) is 0 Å². The number of aromatic amines is 1. The van der Waals surface area contributed by atoms with Crippen LogP contribution in [0.15, 0.2) is 0 Å². The van der Waals surface area contributed by atoms with Crippen molar-refractivity contribution in [1.82, 2.24) is 15.3 Å². The Morgan fingerprint density at radius 2 is 2.10 bits per heavy atom. The fourth-order valence-electron chi connectivity index (χ4n) is 2.62. The van der Waals surface area contributed by atoms with Crippen LogP contribution in [0.4, 0.5) is 4.79 Å².